The minimum Gasteiger partial charge on any atom is -0.310 e. The van der Waals surface area contributed by atoms with Crippen LogP contribution in [-0.4, -0.2) is 0 Å². The van der Waals surface area contributed by atoms with E-state index in [-0.39, 0.29) is 16.2 Å². The van der Waals surface area contributed by atoms with Gasteiger partial charge < -0.3 is 4.90 Å². The highest BCUT2D eigenvalue weighted by molar-refractivity contribution is 5.99. The molecule has 6 aromatic carbocycles. The molecule has 6 atom stereocenters. The molecule has 1 heteroatoms. The first-order valence-electron chi connectivity index (χ1n) is 21.2. The predicted octanol–water partition coefficient (Wildman–Crippen LogP) is 14.2. The van der Waals surface area contributed by atoms with Gasteiger partial charge in [-0.3, -0.25) is 0 Å². The zero-order valence-electron chi connectivity index (χ0n) is 32.8. The number of rotatable bonds is 5. The van der Waals surface area contributed by atoms with Gasteiger partial charge in [0, 0.05) is 22.4 Å². The van der Waals surface area contributed by atoms with Crippen molar-refractivity contribution in [2.24, 2.45) is 29.1 Å². The van der Waals surface area contributed by atoms with Crippen LogP contribution >= 0.6 is 0 Å². The molecule has 6 aliphatic carbocycles. The Labute approximate surface area is 327 Å². The van der Waals surface area contributed by atoms with E-state index in [4.69, 9.17) is 0 Å². The summed E-state index contributed by atoms with van der Waals surface area (Å²) in [6, 6.07) is 53.7. The SMILES string of the molecule is CC1(C)CCC(C)(C)c2cc(N(c3ccc(-c4ccccc4)cc3)c3cccc4c3-c3cccc(-c5ccccc5)c3C43C4CC5CC6CC3C64C5)ccc21. The third kappa shape index (κ3) is 4.05. The Hall–Kier alpha value is -4.88. The minimum atomic E-state index is 0.0868. The fourth-order valence-corrected chi connectivity index (χ4v) is 14.1. The molecule has 0 saturated heterocycles. The van der Waals surface area contributed by atoms with Crippen molar-refractivity contribution in [3.63, 3.8) is 0 Å². The first kappa shape index (κ1) is 32.4. The van der Waals surface area contributed by atoms with E-state index < -0.39 is 0 Å². The summed E-state index contributed by atoms with van der Waals surface area (Å²) in [6.07, 6.45) is 8.19. The highest BCUT2D eigenvalue weighted by Crippen LogP contribution is 2.90. The van der Waals surface area contributed by atoms with Gasteiger partial charge in [-0.2, -0.15) is 0 Å². The summed E-state index contributed by atoms with van der Waals surface area (Å²) in [5, 5.41) is 0. The van der Waals surface area contributed by atoms with Crippen LogP contribution in [0.25, 0.3) is 33.4 Å². The van der Waals surface area contributed by atoms with E-state index in [1.807, 2.05) is 0 Å². The van der Waals surface area contributed by atoms with E-state index >= 15 is 0 Å². The second-order valence-corrected chi connectivity index (χ2v) is 19.6. The molecule has 6 unspecified atom stereocenters. The summed E-state index contributed by atoms with van der Waals surface area (Å²) in [5.74, 6) is 3.36. The summed E-state index contributed by atoms with van der Waals surface area (Å²) in [7, 11) is 0. The van der Waals surface area contributed by atoms with E-state index in [1.165, 1.54) is 100 Å². The summed E-state index contributed by atoms with van der Waals surface area (Å²) in [6.45, 7) is 9.81. The third-order valence-electron chi connectivity index (χ3n) is 16.4. The molecule has 0 amide bonds. The van der Waals surface area contributed by atoms with Crippen LogP contribution < -0.4 is 4.90 Å². The summed E-state index contributed by atoms with van der Waals surface area (Å²) in [4.78, 5) is 2.63. The molecule has 4 saturated carbocycles. The number of anilines is 3. The van der Waals surface area contributed by atoms with Crippen molar-refractivity contribution in [2.45, 2.75) is 82.5 Å². The monoisotopic (exact) mass is 713 g/mol. The molecule has 0 N–H and O–H groups in total. The molecule has 6 aliphatic rings. The predicted molar refractivity (Wildman–Crippen MR) is 228 cm³/mol. The van der Waals surface area contributed by atoms with Crippen molar-refractivity contribution in [1.82, 2.24) is 0 Å². The maximum atomic E-state index is 2.63. The smallest absolute Gasteiger partial charge is 0.0543 e. The lowest BCUT2D eigenvalue weighted by atomic mass is 9.26. The van der Waals surface area contributed by atoms with E-state index in [2.05, 4.69) is 172 Å². The fourth-order valence-electron chi connectivity index (χ4n) is 14.1. The van der Waals surface area contributed by atoms with Gasteiger partial charge >= 0.3 is 0 Å². The molecule has 0 aromatic heterocycles. The highest BCUT2D eigenvalue weighted by Gasteiger charge is 2.84. The van der Waals surface area contributed by atoms with Crippen molar-refractivity contribution < 1.29 is 0 Å². The van der Waals surface area contributed by atoms with Gasteiger partial charge in [-0.1, -0.05) is 137 Å². The van der Waals surface area contributed by atoms with Crippen LogP contribution in [0.15, 0.2) is 140 Å². The first-order chi connectivity index (χ1) is 26.7. The molecule has 2 spiro atoms. The molecular weight excluding hydrogens is 663 g/mol. The second-order valence-electron chi connectivity index (χ2n) is 19.6. The van der Waals surface area contributed by atoms with Crippen LogP contribution in [0, 0.1) is 29.1 Å². The van der Waals surface area contributed by atoms with Gasteiger partial charge in [0.2, 0.25) is 0 Å². The van der Waals surface area contributed by atoms with Gasteiger partial charge in [-0.15, -0.1) is 0 Å². The van der Waals surface area contributed by atoms with E-state index in [0.717, 1.165) is 23.7 Å². The van der Waals surface area contributed by atoms with Crippen LogP contribution in [0.3, 0.4) is 0 Å². The molecule has 6 aromatic rings. The number of hydrogen-bond acceptors (Lipinski definition) is 1. The van der Waals surface area contributed by atoms with Crippen LogP contribution in [0.1, 0.15) is 88.5 Å². The minimum absolute atomic E-state index is 0.0868. The molecule has 272 valence electrons. The number of benzene rings is 6. The summed E-state index contributed by atoms with van der Waals surface area (Å²) >= 11 is 0. The molecule has 2 bridgehead atoms. The Morgan fingerprint density at radius 1 is 0.509 bits per heavy atom. The number of fused-ring (bicyclic) bond motifs is 9. The maximum Gasteiger partial charge on any atom is 0.0543 e. The van der Waals surface area contributed by atoms with E-state index in [9.17, 15) is 0 Å². The third-order valence-corrected chi connectivity index (χ3v) is 16.4. The quantitative estimate of drug-likeness (QED) is 0.172. The topological polar surface area (TPSA) is 3.24 Å². The summed E-state index contributed by atoms with van der Waals surface area (Å²) < 4.78 is 0. The largest absolute Gasteiger partial charge is 0.310 e. The zero-order chi connectivity index (χ0) is 36.9. The molecule has 0 aliphatic heterocycles. The highest BCUT2D eigenvalue weighted by atomic mass is 15.1. The van der Waals surface area contributed by atoms with Crippen molar-refractivity contribution in [3.8, 4) is 33.4 Å². The van der Waals surface area contributed by atoms with Crippen LogP contribution in [0.5, 0.6) is 0 Å². The fraction of sp³-hybridized carbons (Fsp3) is 0.333. The molecular formula is C54H51N. The van der Waals surface area contributed by atoms with Gasteiger partial charge in [-0.25, -0.2) is 0 Å². The number of hydrogen-bond donors (Lipinski definition) is 0. The zero-order valence-corrected chi connectivity index (χ0v) is 32.8. The Balaban J connectivity index is 1.11. The second kappa shape index (κ2) is 10.9. The van der Waals surface area contributed by atoms with E-state index in [1.54, 1.807) is 11.1 Å². The van der Waals surface area contributed by atoms with Crippen LogP contribution in [0.4, 0.5) is 17.1 Å². The molecule has 0 heterocycles. The summed E-state index contributed by atoms with van der Waals surface area (Å²) in [5.41, 5.74) is 19.3. The van der Waals surface area contributed by atoms with Gasteiger partial charge in [-0.05, 0) is 159 Å². The van der Waals surface area contributed by atoms with Gasteiger partial charge in [0.25, 0.3) is 0 Å². The van der Waals surface area contributed by atoms with Gasteiger partial charge in [0.1, 0.15) is 0 Å². The molecule has 12 rings (SSSR count). The average molecular weight is 714 g/mol. The lowest BCUT2D eigenvalue weighted by molar-refractivity contribution is -0.231. The van der Waals surface area contributed by atoms with Crippen molar-refractivity contribution in [1.29, 1.82) is 0 Å². The Kier molecular flexibility index (Phi) is 6.42. The lowest BCUT2D eigenvalue weighted by Gasteiger charge is -2.76. The standard InChI is InChI=1S/C54H51N/c1-51(2)27-28-52(3,4)45-32-40(25-26-43(45)51)55(39-23-21-36(22-24-39)35-13-7-5-8-14-35)46-20-12-19-44-49(46)42-18-11-17-41(37-15-9-6-10-16-37)50(42)54(44)47-30-34-29-38-31-48(54)53(38,47)33-34/h5-26,32,34,38,47-48H,27-31,33H2,1-4H3. The lowest BCUT2D eigenvalue weighted by Crippen LogP contribution is -2.73. The molecule has 4 fully saturated rings. The molecule has 0 radical (unpaired) electrons. The van der Waals surface area contributed by atoms with Gasteiger partial charge in [0.05, 0.1) is 5.69 Å². The maximum absolute atomic E-state index is 2.63. The van der Waals surface area contributed by atoms with Crippen molar-refractivity contribution >= 4 is 17.1 Å². The Morgan fingerprint density at radius 3 is 1.89 bits per heavy atom. The van der Waals surface area contributed by atoms with Crippen molar-refractivity contribution in [2.75, 3.05) is 4.90 Å². The van der Waals surface area contributed by atoms with Crippen LogP contribution in [0.2, 0.25) is 0 Å². The molecule has 55 heavy (non-hydrogen) atoms. The van der Waals surface area contributed by atoms with E-state index in [0.29, 0.717) is 5.41 Å². The van der Waals surface area contributed by atoms with Gasteiger partial charge in [0.15, 0.2) is 0 Å². The van der Waals surface area contributed by atoms with Crippen molar-refractivity contribution in [3.05, 3.63) is 162 Å². The Bertz CT molecular complexity index is 2530. The molecule has 1 nitrogen and oxygen atoms in total. The Morgan fingerprint density at radius 2 is 1.15 bits per heavy atom. The first-order valence-corrected chi connectivity index (χ1v) is 21.2. The average Bonchev–Trinajstić information content (AvgIpc) is 3.85. The van der Waals surface area contributed by atoms with Crippen LogP contribution in [-0.2, 0) is 16.2 Å². The normalized spacial score (nSPS) is 29.1. The number of nitrogens with zero attached hydrogens (tertiary/aromatic N) is 1.